The number of ether oxygens (including phenoxy) is 3. The van der Waals surface area contributed by atoms with Crippen LogP contribution in [0, 0.1) is 0 Å². The quantitative estimate of drug-likeness (QED) is 0.404. The van der Waals surface area contributed by atoms with Crippen LogP contribution >= 0.6 is 11.6 Å². The molecule has 3 N–H and O–H groups in total. The zero-order chi connectivity index (χ0) is 16.1. The van der Waals surface area contributed by atoms with Crippen molar-refractivity contribution in [3.8, 4) is 0 Å². The smallest absolute Gasteiger partial charge is 0.101 e. The Kier molecular flexibility index (Phi) is 13.7. The average molecular weight is 329 g/mol. The summed E-state index contributed by atoms with van der Waals surface area (Å²) >= 11 is 5.74. The van der Waals surface area contributed by atoms with Gasteiger partial charge in [-0.25, -0.2) is 0 Å². The molecule has 0 heterocycles. The van der Waals surface area contributed by atoms with Crippen LogP contribution in [-0.4, -0.2) is 78.6 Å². The number of alkyl halides is 1. The summed E-state index contributed by atoms with van der Waals surface area (Å²) in [5.74, 6) is 0.256. The van der Waals surface area contributed by atoms with Gasteiger partial charge in [-0.3, -0.25) is 0 Å². The van der Waals surface area contributed by atoms with E-state index in [1.807, 2.05) is 13.8 Å². The second-order valence-corrected chi connectivity index (χ2v) is 5.27. The van der Waals surface area contributed by atoms with E-state index in [0.29, 0.717) is 12.8 Å². The van der Waals surface area contributed by atoms with Gasteiger partial charge >= 0.3 is 0 Å². The van der Waals surface area contributed by atoms with E-state index in [1.165, 1.54) is 0 Å². The molecule has 0 aliphatic heterocycles. The highest BCUT2D eigenvalue weighted by molar-refractivity contribution is 6.18. The molecule has 21 heavy (non-hydrogen) atoms. The summed E-state index contributed by atoms with van der Waals surface area (Å²) in [5.41, 5.74) is 0. The van der Waals surface area contributed by atoms with Gasteiger partial charge in [-0.2, -0.15) is 0 Å². The van der Waals surface area contributed by atoms with E-state index < -0.39 is 18.3 Å². The van der Waals surface area contributed by atoms with Crippen molar-refractivity contribution in [2.45, 2.75) is 51.1 Å². The minimum absolute atomic E-state index is 0.106. The number of hydrogen-bond donors (Lipinski definition) is 3. The molecule has 0 aromatic heterocycles. The van der Waals surface area contributed by atoms with E-state index in [-0.39, 0.29) is 45.0 Å². The maximum Gasteiger partial charge on any atom is 0.101 e. The first-order valence-electron chi connectivity index (χ1n) is 7.40. The number of rotatable bonds is 14. The molecule has 0 saturated carbocycles. The SMILES string of the molecule is CCC(O)COCC(O)COCC(CCl)OCC(O)CC. The Balaban J connectivity index is 3.64. The fourth-order valence-electron chi connectivity index (χ4n) is 1.34. The largest absolute Gasteiger partial charge is 0.391 e. The number of hydrogen-bond acceptors (Lipinski definition) is 6. The lowest BCUT2D eigenvalue weighted by Gasteiger charge is -2.19. The zero-order valence-corrected chi connectivity index (χ0v) is 13.7. The van der Waals surface area contributed by atoms with Crippen LogP contribution in [0.4, 0.5) is 0 Å². The molecule has 0 aliphatic carbocycles. The minimum Gasteiger partial charge on any atom is -0.391 e. The minimum atomic E-state index is -0.758. The second kappa shape index (κ2) is 13.7. The van der Waals surface area contributed by atoms with Crippen LogP contribution < -0.4 is 0 Å². The predicted molar refractivity (Wildman–Crippen MR) is 80.7 cm³/mol. The molecular weight excluding hydrogens is 300 g/mol. The van der Waals surface area contributed by atoms with E-state index in [2.05, 4.69) is 0 Å². The van der Waals surface area contributed by atoms with Crippen molar-refractivity contribution in [1.29, 1.82) is 0 Å². The van der Waals surface area contributed by atoms with Gasteiger partial charge in [0.05, 0.1) is 57.2 Å². The molecular formula is C14H29ClO6. The van der Waals surface area contributed by atoms with Gasteiger partial charge in [-0.1, -0.05) is 13.8 Å². The van der Waals surface area contributed by atoms with E-state index in [4.69, 9.17) is 25.8 Å². The highest BCUT2D eigenvalue weighted by atomic mass is 35.5. The molecule has 6 nitrogen and oxygen atoms in total. The second-order valence-electron chi connectivity index (χ2n) is 4.96. The van der Waals surface area contributed by atoms with Crippen LogP contribution in [0.5, 0.6) is 0 Å². The summed E-state index contributed by atoms with van der Waals surface area (Å²) in [6.45, 7) is 4.61. The summed E-state index contributed by atoms with van der Waals surface area (Å²) < 4.78 is 15.9. The summed E-state index contributed by atoms with van der Waals surface area (Å²) in [6.07, 6.45) is -0.841. The highest BCUT2D eigenvalue weighted by Crippen LogP contribution is 2.01. The molecule has 128 valence electrons. The Morgan fingerprint density at radius 3 is 1.76 bits per heavy atom. The van der Waals surface area contributed by atoms with Crippen molar-refractivity contribution in [3.05, 3.63) is 0 Å². The lowest BCUT2D eigenvalue weighted by molar-refractivity contribution is -0.0705. The van der Waals surface area contributed by atoms with Crippen LogP contribution in [0.2, 0.25) is 0 Å². The van der Waals surface area contributed by atoms with Gasteiger partial charge in [-0.15, -0.1) is 11.6 Å². The topological polar surface area (TPSA) is 88.4 Å². The lowest BCUT2D eigenvalue weighted by atomic mass is 10.3. The third kappa shape index (κ3) is 12.3. The number of aliphatic hydroxyl groups excluding tert-OH is 3. The Hall–Kier alpha value is 0.0500. The fraction of sp³-hybridized carbons (Fsp3) is 1.00. The zero-order valence-electron chi connectivity index (χ0n) is 12.9. The van der Waals surface area contributed by atoms with Gasteiger partial charge in [0.25, 0.3) is 0 Å². The lowest BCUT2D eigenvalue weighted by Crippen LogP contribution is -2.30. The van der Waals surface area contributed by atoms with Crippen LogP contribution in [0.25, 0.3) is 0 Å². The molecule has 4 atom stereocenters. The fourth-order valence-corrected chi connectivity index (χ4v) is 1.52. The summed E-state index contributed by atoms with van der Waals surface area (Å²) in [5, 5.41) is 28.3. The normalized spacial score (nSPS) is 17.4. The molecule has 0 aromatic rings. The summed E-state index contributed by atoms with van der Waals surface area (Å²) in [4.78, 5) is 0. The summed E-state index contributed by atoms with van der Waals surface area (Å²) in [7, 11) is 0. The first kappa shape index (κ1) is 21.0. The van der Waals surface area contributed by atoms with Crippen LogP contribution in [0.3, 0.4) is 0 Å². The van der Waals surface area contributed by atoms with Crippen LogP contribution in [0.15, 0.2) is 0 Å². The standard InChI is InChI=1S/C14H29ClO6/c1-3-11(16)6-19-7-13(18)8-20-10-14(5-15)21-9-12(17)4-2/h11-14,16-18H,3-10H2,1-2H3. The van der Waals surface area contributed by atoms with Gasteiger partial charge in [0.1, 0.15) is 6.10 Å². The highest BCUT2D eigenvalue weighted by Gasteiger charge is 2.13. The van der Waals surface area contributed by atoms with Crippen molar-refractivity contribution < 1.29 is 29.5 Å². The monoisotopic (exact) mass is 328 g/mol. The van der Waals surface area contributed by atoms with Gasteiger partial charge in [0.15, 0.2) is 0 Å². The molecule has 0 aromatic carbocycles. The molecule has 0 spiro atoms. The Labute approximate surface area is 132 Å². The molecule has 0 saturated heterocycles. The molecule has 0 amide bonds. The molecule has 0 fully saturated rings. The van der Waals surface area contributed by atoms with Gasteiger partial charge < -0.3 is 29.5 Å². The number of halogens is 1. The van der Waals surface area contributed by atoms with Crippen molar-refractivity contribution in [2.75, 3.05) is 38.9 Å². The predicted octanol–water partition coefficient (Wildman–Crippen LogP) is 0.546. The van der Waals surface area contributed by atoms with Crippen LogP contribution in [-0.2, 0) is 14.2 Å². The van der Waals surface area contributed by atoms with Gasteiger partial charge in [-0.05, 0) is 12.8 Å². The van der Waals surface area contributed by atoms with E-state index in [9.17, 15) is 15.3 Å². The van der Waals surface area contributed by atoms with Crippen LogP contribution in [0.1, 0.15) is 26.7 Å². The Morgan fingerprint density at radius 2 is 1.24 bits per heavy atom. The maximum atomic E-state index is 9.63. The molecule has 0 radical (unpaired) electrons. The first-order chi connectivity index (χ1) is 10.0. The van der Waals surface area contributed by atoms with Crippen molar-refractivity contribution in [1.82, 2.24) is 0 Å². The first-order valence-corrected chi connectivity index (χ1v) is 7.94. The van der Waals surface area contributed by atoms with E-state index >= 15 is 0 Å². The Bertz CT molecular complexity index is 232. The summed E-state index contributed by atoms with van der Waals surface area (Å²) in [6, 6.07) is 0. The van der Waals surface area contributed by atoms with E-state index in [1.54, 1.807) is 0 Å². The third-order valence-corrected chi connectivity index (χ3v) is 3.22. The number of aliphatic hydroxyl groups is 3. The van der Waals surface area contributed by atoms with E-state index in [0.717, 1.165) is 0 Å². The third-order valence-electron chi connectivity index (χ3n) is 2.87. The molecule has 0 rings (SSSR count). The van der Waals surface area contributed by atoms with Gasteiger partial charge in [0, 0.05) is 0 Å². The average Bonchev–Trinajstić information content (AvgIpc) is 2.49. The van der Waals surface area contributed by atoms with Crippen molar-refractivity contribution in [2.24, 2.45) is 0 Å². The molecule has 0 bridgehead atoms. The van der Waals surface area contributed by atoms with Crippen molar-refractivity contribution >= 4 is 11.6 Å². The molecule has 7 heteroatoms. The van der Waals surface area contributed by atoms with Crippen molar-refractivity contribution in [3.63, 3.8) is 0 Å². The Morgan fingerprint density at radius 1 is 0.762 bits per heavy atom. The van der Waals surface area contributed by atoms with Gasteiger partial charge in [0.2, 0.25) is 0 Å². The maximum absolute atomic E-state index is 9.63. The molecule has 4 unspecified atom stereocenters. The molecule has 0 aliphatic rings.